The third-order valence-electron chi connectivity index (χ3n) is 1.95. The Morgan fingerprint density at radius 1 is 1.47 bits per heavy atom. The zero-order chi connectivity index (χ0) is 10.9. The standard InChI is InChI=1S/C12H16BrNO/c1-2-7-14-8-4-9-15-12-6-3-5-11(13)10-12/h2-3,5-6,10,14H,1,4,7-9H2/p+1. The van der Waals surface area contributed by atoms with Crippen LogP contribution in [0.3, 0.4) is 0 Å². The summed E-state index contributed by atoms with van der Waals surface area (Å²) in [6.07, 6.45) is 2.97. The van der Waals surface area contributed by atoms with Crippen molar-refractivity contribution in [2.75, 3.05) is 19.7 Å². The topological polar surface area (TPSA) is 25.8 Å². The van der Waals surface area contributed by atoms with E-state index in [0.717, 1.165) is 36.3 Å². The molecule has 0 spiro atoms. The van der Waals surface area contributed by atoms with Crippen LogP contribution in [-0.2, 0) is 0 Å². The van der Waals surface area contributed by atoms with E-state index in [4.69, 9.17) is 4.74 Å². The van der Waals surface area contributed by atoms with Crippen LogP contribution >= 0.6 is 15.9 Å². The van der Waals surface area contributed by atoms with Crippen molar-refractivity contribution in [2.24, 2.45) is 0 Å². The number of quaternary nitrogens is 1. The molecule has 0 bridgehead atoms. The number of halogens is 1. The highest BCUT2D eigenvalue weighted by Crippen LogP contribution is 2.17. The first-order valence-electron chi connectivity index (χ1n) is 5.14. The lowest BCUT2D eigenvalue weighted by molar-refractivity contribution is -0.646. The minimum Gasteiger partial charge on any atom is -0.493 e. The molecule has 1 aromatic carbocycles. The zero-order valence-electron chi connectivity index (χ0n) is 8.79. The number of rotatable bonds is 7. The zero-order valence-corrected chi connectivity index (χ0v) is 10.4. The molecule has 0 unspecified atom stereocenters. The highest BCUT2D eigenvalue weighted by atomic mass is 79.9. The van der Waals surface area contributed by atoms with Crippen LogP contribution < -0.4 is 10.1 Å². The first kappa shape index (κ1) is 12.3. The normalized spacial score (nSPS) is 9.93. The molecule has 0 fully saturated rings. The summed E-state index contributed by atoms with van der Waals surface area (Å²) in [5.41, 5.74) is 0. The fourth-order valence-corrected chi connectivity index (χ4v) is 1.59. The van der Waals surface area contributed by atoms with E-state index >= 15 is 0 Å². The molecular formula is C12H17BrNO+. The fourth-order valence-electron chi connectivity index (χ4n) is 1.21. The van der Waals surface area contributed by atoms with Crippen LogP contribution in [0, 0.1) is 0 Å². The molecule has 1 rings (SSSR count). The summed E-state index contributed by atoms with van der Waals surface area (Å²) in [5.74, 6) is 0.924. The predicted octanol–water partition coefficient (Wildman–Crippen LogP) is 1.97. The molecule has 15 heavy (non-hydrogen) atoms. The smallest absolute Gasteiger partial charge is 0.120 e. The van der Waals surface area contributed by atoms with E-state index in [0.29, 0.717) is 0 Å². The van der Waals surface area contributed by atoms with Crippen LogP contribution in [0.4, 0.5) is 0 Å². The first-order valence-corrected chi connectivity index (χ1v) is 5.93. The minimum absolute atomic E-state index is 0.768. The van der Waals surface area contributed by atoms with Crippen molar-refractivity contribution in [3.63, 3.8) is 0 Å². The summed E-state index contributed by atoms with van der Waals surface area (Å²) >= 11 is 3.41. The molecule has 0 aliphatic heterocycles. The maximum Gasteiger partial charge on any atom is 0.120 e. The second kappa shape index (κ2) is 7.49. The number of ether oxygens (including phenoxy) is 1. The van der Waals surface area contributed by atoms with Crippen molar-refractivity contribution in [1.82, 2.24) is 0 Å². The van der Waals surface area contributed by atoms with Crippen molar-refractivity contribution < 1.29 is 10.1 Å². The molecule has 1 aromatic rings. The van der Waals surface area contributed by atoms with E-state index < -0.39 is 0 Å². The Morgan fingerprint density at radius 2 is 2.33 bits per heavy atom. The molecule has 0 aromatic heterocycles. The third-order valence-corrected chi connectivity index (χ3v) is 2.44. The first-order chi connectivity index (χ1) is 7.33. The molecule has 0 amide bonds. The molecule has 82 valence electrons. The molecular weight excluding hydrogens is 254 g/mol. The third kappa shape index (κ3) is 5.60. The Kier molecular flexibility index (Phi) is 6.12. The summed E-state index contributed by atoms with van der Waals surface area (Å²) in [6, 6.07) is 7.92. The van der Waals surface area contributed by atoms with Crippen LogP contribution in [0.5, 0.6) is 5.75 Å². The molecule has 2 N–H and O–H groups in total. The average molecular weight is 271 g/mol. The lowest BCUT2D eigenvalue weighted by Crippen LogP contribution is -2.84. The fraction of sp³-hybridized carbons (Fsp3) is 0.333. The Morgan fingerprint density at radius 3 is 3.07 bits per heavy atom. The van der Waals surface area contributed by atoms with Crippen molar-refractivity contribution in [3.05, 3.63) is 41.4 Å². The van der Waals surface area contributed by atoms with Gasteiger partial charge in [-0.3, -0.25) is 0 Å². The van der Waals surface area contributed by atoms with Crippen LogP contribution in [0.2, 0.25) is 0 Å². The van der Waals surface area contributed by atoms with Crippen LogP contribution in [0.15, 0.2) is 41.4 Å². The van der Waals surface area contributed by atoms with Gasteiger partial charge < -0.3 is 10.1 Å². The van der Waals surface area contributed by atoms with E-state index in [1.807, 2.05) is 30.3 Å². The van der Waals surface area contributed by atoms with Gasteiger partial charge in [0, 0.05) is 10.9 Å². The summed E-state index contributed by atoms with van der Waals surface area (Å²) in [6.45, 7) is 6.50. The summed E-state index contributed by atoms with van der Waals surface area (Å²) in [4.78, 5) is 0. The van der Waals surface area contributed by atoms with Crippen LogP contribution in [-0.4, -0.2) is 19.7 Å². The quantitative estimate of drug-likeness (QED) is 0.595. The maximum absolute atomic E-state index is 5.59. The molecule has 0 saturated carbocycles. The van der Waals surface area contributed by atoms with E-state index in [2.05, 4.69) is 27.8 Å². The van der Waals surface area contributed by atoms with Gasteiger partial charge in [0.2, 0.25) is 0 Å². The molecule has 0 heterocycles. The highest BCUT2D eigenvalue weighted by Gasteiger charge is 1.95. The van der Waals surface area contributed by atoms with Gasteiger partial charge in [0.25, 0.3) is 0 Å². The van der Waals surface area contributed by atoms with Gasteiger partial charge in [-0.2, -0.15) is 0 Å². The molecule has 0 atom stereocenters. The van der Waals surface area contributed by atoms with Gasteiger partial charge in [-0.15, -0.1) is 0 Å². The Hall–Kier alpha value is -0.800. The van der Waals surface area contributed by atoms with Gasteiger partial charge in [-0.1, -0.05) is 28.6 Å². The van der Waals surface area contributed by atoms with Gasteiger partial charge >= 0.3 is 0 Å². The lowest BCUT2D eigenvalue weighted by atomic mass is 10.3. The van der Waals surface area contributed by atoms with Crippen molar-refractivity contribution in [3.8, 4) is 5.75 Å². The summed E-state index contributed by atoms with van der Waals surface area (Å²) < 4.78 is 6.65. The number of nitrogens with two attached hydrogens (primary N) is 1. The van der Waals surface area contributed by atoms with Gasteiger partial charge in [-0.05, 0) is 24.3 Å². The Labute approximate surface area is 99.5 Å². The summed E-state index contributed by atoms with van der Waals surface area (Å²) in [5, 5.41) is 2.22. The summed E-state index contributed by atoms with van der Waals surface area (Å²) in [7, 11) is 0. The predicted molar refractivity (Wildman–Crippen MR) is 66.1 cm³/mol. The van der Waals surface area contributed by atoms with E-state index in [9.17, 15) is 0 Å². The van der Waals surface area contributed by atoms with Crippen LogP contribution in [0.1, 0.15) is 6.42 Å². The van der Waals surface area contributed by atoms with E-state index in [1.54, 1.807) is 0 Å². The molecule has 0 saturated heterocycles. The monoisotopic (exact) mass is 270 g/mol. The van der Waals surface area contributed by atoms with Gasteiger partial charge in [0.05, 0.1) is 19.7 Å². The van der Waals surface area contributed by atoms with Crippen molar-refractivity contribution in [2.45, 2.75) is 6.42 Å². The highest BCUT2D eigenvalue weighted by molar-refractivity contribution is 9.10. The number of benzene rings is 1. The number of hydrogen-bond acceptors (Lipinski definition) is 1. The van der Waals surface area contributed by atoms with Gasteiger partial charge in [0.1, 0.15) is 5.75 Å². The van der Waals surface area contributed by atoms with E-state index in [1.165, 1.54) is 0 Å². The Bertz CT molecular complexity index is 301. The van der Waals surface area contributed by atoms with Crippen molar-refractivity contribution >= 4 is 15.9 Å². The molecule has 0 aliphatic rings. The van der Waals surface area contributed by atoms with Crippen LogP contribution in [0.25, 0.3) is 0 Å². The molecule has 0 aliphatic carbocycles. The number of hydrogen-bond donors (Lipinski definition) is 1. The van der Waals surface area contributed by atoms with Crippen molar-refractivity contribution in [1.29, 1.82) is 0 Å². The maximum atomic E-state index is 5.59. The Balaban J connectivity index is 2.12. The molecule has 0 radical (unpaired) electrons. The molecule has 2 nitrogen and oxygen atoms in total. The SMILES string of the molecule is C=CC[NH2+]CCCOc1cccc(Br)c1. The average Bonchev–Trinajstić information content (AvgIpc) is 2.23. The van der Waals surface area contributed by atoms with Gasteiger partial charge in [-0.25, -0.2) is 0 Å². The van der Waals surface area contributed by atoms with E-state index in [-0.39, 0.29) is 0 Å². The molecule has 3 heteroatoms. The van der Waals surface area contributed by atoms with Gasteiger partial charge in [0.15, 0.2) is 0 Å². The lowest BCUT2D eigenvalue weighted by Gasteiger charge is -2.05. The second-order valence-corrected chi connectivity index (χ2v) is 4.18. The minimum atomic E-state index is 0.768. The second-order valence-electron chi connectivity index (χ2n) is 3.26. The largest absolute Gasteiger partial charge is 0.493 e.